The van der Waals surface area contributed by atoms with Crippen molar-refractivity contribution in [2.45, 2.75) is 6.61 Å². The number of aldehydes is 1. The first-order valence-corrected chi connectivity index (χ1v) is 5.46. The number of fused-ring (bicyclic) bond motifs is 1. The van der Waals surface area contributed by atoms with E-state index in [9.17, 15) is 4.79 Å². The zero-order valence-electron chi connectivity index (χ0n) is 9.45. The third-order valence-electron chi connectivity index (χ3n) is 2.58. The molecular formula is C13H10N2O3. The zero-order chi connectivity index (χ0) is 12.4. The van der Waals surface area contributed by atoms with Crippen molar-refractivity contribution in [1.29, 1.82) is 0 Å². The van der Waals surface area contributed by atoms with E-state index in [1.165, 1.54) is 0 Å². The lowest BCUT2D eigenvalue weighted by atomic mass is 10.4. The molecule has 5 nitrogen and oxygen atoms in total. The van der Waals surface area contributed by atoms with Crippen LogP contribution in [0.25, 0.3) is 5.65 Å². The lowest BCUT2D eigenvalue weighted by molar-refractivity contribution is 0.111. The van der Waals surface area contributed by atoms with Crippen LogP contribution in [0.3, 0.4) is 0 Å². The maximum Gasteiger partial charge on any atom is 0.244 e. The molecule has 0 atom stereocenters. The highest BCUT2D eigenvalue weighted by atomic mass is 16.5. The Bertz CT molecular complexity index is 671. The quantitative estimate of drug-likeness (QED) is 0.659. The molecule has 0 aliphatic heterocycles. The Morgan fingerprint density at radius 1 is 1.33 bits per heavy atom. The Balaban J connectivity index is 1.93. The topological polar surface area (TPSA) is 56.7 Å². The van der Waals surface area contributed by atoms with Crippen molar-refractivity contribution in [3.8, 4) is 5.88 Å². The summed E-state index contributed by atoms with van der Waals surface area (Å²) in [7, 11) is 0. The molecule has 3 heterocycles. The van der Waals surface area contributed by atoms with Crippen LogP contribution >= 0.6 is 0 Å². The highest BCUT2D eigenvalue weighted by molar-refractivity contribution is 5.78. The van der Waals surface area contributed by atoms with E-state index in [4.69, 9.17) is 9.15 Å². The summed E-state index contributed by atoms with van der Waals surface area (Å²) in [5.74, 6) is 0.997. The monoisotopic (exact) mass is 242 g/mol. The molecule has 0 radical (unpaired) electrons. The first-order chi connectivity index (χ1) is 8.88. The fourth-order valence-electron chi connectivity index (χ4n) is 1.74. The van der Waals surface area contributed by atoms with E-state index in [1.807, 2.05) is 18.2 Å². The molecule has 0 aliphatic carbocycles. The SMILES string of the molecule is O=Cc1c(OCc2ccco2)nc2ccccn12. The number of hydrogen-bond donors (Lipinski definition) is 0. The molecule has 0 N–H and O–H groups in total. The maximum atomic E-state index is 11.1. The van der Waals surface area contributed by atoms with Crippen molar-refractivity contribution in [3.63, 3.8) is 0 Å². The van der Waals surface area contributed by atoms with Crippen LogP contribution < -0.4 is 4.74 Å². The molecule has 0 saturated heterocycles. The van der Waals surface area contributed by atoms with Gasteiger partial charge in [-0.3, -0.25) is 9.20 Å². The Morgan fingerprint density at radius 3 is 3.06 bits per heavy atom. The highest BCUT2D eigenvalue weighted by Crippen LogP contribution is 2.19. The van der Waals surface area contributed by atoms with Crippen molar-refractivity contribution in [2.24, 2.45) is 0 Å². The molecule has 0 bridgehead atoms. The first-order valence-electron chi connectivity index (χ1n) is 5.46. The fourth-order valence-corrected chi connectivity index (χ4v) is 1.74. The Hall–Kier alpha value is -2.56. The first kappa shape index (κ1) is 10.6. The molecular weight excluding hydrogens is 232 g/mol. The normalized spacial score (nSPS) is 10.7. The average molecular weight is 242 g/mol. The molecule has 0 aromatic carbocycles. The molecule has 90 valence electrons. The summed E-state index contributed by atoms with van der Waals surface area (Å²) in [4.78, 5) is 15.4. The summed E-state index contributed by atoms with van der Waals surface area (Å²) < 4.78 is 12.3. The van der Waals surface area contributed by atoms with Gasteiger partial charge in [0, 0.05) is 6.20 Å². The molecule has 0 amide bonds. The summed E-state index contributed by atoms with van der Waals surface area (Å²) in [6.07, 6.45) is 4.08. The van der Waals surface area contributed by atoms with Crippen LogP contribution in [0, 0.1) is 0 Å². The van der Waals surface area contributed by atoms with Crippen molar-refractivity contribution in [3.05, 3.63) is 54.2 Å². The van der Waals surface area contributed by atoms with Gasteiger partial charge in [-0.1, -0.05) is 6.07 Å². The number of ether oxygens (including phenoxy) is 1. The molecule has 0 fully saturated rings. The van der Waals surface area contributed by atoms with Gasteiger partial charge in [-0.2, -0.15) is 4.98 Å². The van der Waals surface area contributed by atoms with Crippen LogP contribution in [0.4, 0.5) is 0 Å². The summed E-state index contributed by atoms with van der Waals surface area (Å²) in [5, 5.41) is 0. The number of carbonyl (C=O) groups is 1. The largest absolute Gasteiger partial charge is 0.468 e. The fraction of sp³-hybridized carbons (Fsp3) is 0.0769. The molecule has 18 heavy (non-hydrogen) atoms. The number of furan rings is 1. The smallest absolute Gasteiger partial charge is 0.244 e. The maximum absolute atomic E-state index is 11.1. The minimum Gasteiger partial charge on any atom is -0.468 e. The van der Waals surface area contributed by atoms with Crippen molar-refractivity contribution >= 4 is 11.9 Å². The number of rotatable bonds is 4. The van der Waals surface area contributed by atoms with Gasteiger partial charge in [0.05, 0.1) is 6.26 Å². The van der Waals surface area contributed by atoms with E-state index in [2.05, 4.69) is 4.98 Å². The summed E-state index contributed by atoms with van der Waals surface area (Å²) >= 11 is 0. The van der Waals surface area contributed by atoms with Gasteiger partial charge in [-0.25, -0.2) is 0 Å². The van der Waals surface area contributed by atoms with Crippen LogP contribution in [0.2, 0.25) is 0 Å². The standard InChI is InChI=1S/C13H10N2O3/c16-8-11-13(18-9-10-4-3-7-17-10)14-12-5-1-2-6-15(11)12/h1-8H,9H2. The molecule has 3 aromatic heterocycles. The van der Waals surface area contributed by atoms with Gasteiger partial charge in [0.1, 0.15) is 23.7 Å². The minimum absolute atomic E-state index is 0.248. The van der Waals surface area contributed by atoms with Crippen LogP contribution in [0.15, 0.2) is 47.2 Å². The third kappa shape index (κ3) is 1.75. The van der Waals surface area contributed by atoms with Gasteiger partial charge in [0.25, 0.3) is 0 Å². The highest BCUT2D eigenvalue weighted by Gasteiger charge is 2.12. The molecule has 3 aromatic rings. The lowest BCUT2D eigenvalue weighted by Gasteiger charge is -2.00. The summed E-state index contributed by atoms with van der Waals surface area (Å²) in [5.41, 5.74) is 1.08. The number of imidazole rings is 1. The third-order valence-corrected chi connectivity index (χ3v) is 2.58. The van der Waals surface area contributed by atoms with E-state index in [-0.39, 0.29) is 6.61 Å². The number of carbonyl (C=O) groups excluding carboxylic acids is 1. The second-order valence-electron chi connectivity index (χ2n) is 3.72. The number of pyridine rings is 1. The van der Waals surface area contributed by atoms with E-state index in [0.717, 1.165) is 6.29 Å². The van der Waals surface area contributed by atoms with Crippen LogP contribution in [-0.4, -0.2) is 15.7 Å². The van der Waals surface area contributed by atoms with Gasteiger partial charge in [-0.15, -0.1) is 0 Å². The Kier molecular flexibility index (Phi) is 2.57. The molecule has 0 unspecified atom stereocenters. The van der Waals surface area contributed by atoms with Crippen molar-refractivity contribution in [1.82, 2.24) is 9.38 Å². The van der Waals surface area contributed by atoms with Crippen LogP contribution in [0.1, 0.15) is 16.2 Å². The Morgan fingerprint density at radius 2 is 2.28 bits per heavy atom. The van der Waals surface area contributed by atoms with Gasteiger partial charge in [0.15, 0.2) is 6.29 Å². The molecule has 0 spiro atoms. The molecule has 0 aliphatic rings. The molecule has 0 saturated carbocycles. The van der Waals surface area contributed by atoms with Gasteiger partial charge >= 0.3 is 0 Å². The van der Waals surface area contributed by atoms with Gasteiger partial charge < -0.3 is 9.15 Å². The van der Waals surface area contributed by atoms with E-state index in [1.54, 1.807) is 29.0 Å². The lowest BCUT2D eigenvalue weighted by Crippen LogP contribution is -1.97. The minimum atomic E-state index is 0.248. The number of hydrogen-bond acceptors (Lipinski definition) is 4. The second kappa shape index (κ2) is 4.37. The summed E-state index contributed by atoms with van der Waals surface area (Å²) in [6.45, 7) is 0.248. The second-order valence-corrected chi connectivity index (χ2v) is 3.72. The zero-order valence-corrected chi connectivity index (χ0v) is 9.45. The Labute approximate surface area is 103 Å². The van der Waals surface area contributed by atoms with E-state index >= 15 is 0 Å². The van der Waals surface area contributed by atoms with Gasteiger partial charge in [0.2, 0.25) is 5.88 Å². The van der Waals surface area contributed by atoms with Gasteiger partial charge in [-0.05, 0) is 24.3 Å². The predicted octanol–water partition coefficient (Wildman–Crippen LogP) is 2.32. The summed E-state index contributed by atoms with van der Waals surface area (Å²) in [6, 6.07) is 9.08. The number of aromatic nitrogens is 2. The molecule has 5 heteroatoms. The predicted molar refractivity (Wildman–Crippen MR) is 63.6 cm³/mol. The van der Waals surface area contributed by atoms with E-state index in [0.29, 0.717) is 23.0 Å². The van der Waals surface area contributed by atoms with Crippen LogP contribution in [-0.2, 0) is 6.61 Å². The molecule has 3 rings (SSSR count). The van der Waals surface area contributed by atoms with E-state index < -0.39 is 0 Å². The number of nitrogens with zero attached hydrogens (tertiary/aromatic N) is 2. The van der Waals surface area contributed by atoms with Crippen LogP contribution in [0.5, 0.6) is 5.88 Å². The average Bonchev–Trinajstić information content (AvgIpc) is 3.03. The van der Waals surface area contributed by atoms with Crippen molar-refractivity contribution < 1.29 is 13.9 Å². The van der Waals surface area contributed by atoms with Crippen molar-refractivity contribution in [2.75, 3.05) is 0 Å².